The zero-order valence-electron chi connectivity index (χ0n) is 20.2. The SMILES string of the molecule is CC1=C(N)C(=O)c2c(CO)c3n(c2C1=O)C[C@H](N)[C@@H]3Nc1nc2c(ncn2[C@H]2C[C@H](O)[C@@H](CO)O2)c(=O)[nH]1. The molecule has 9 N–H and O–H groups in total. The van der Waals surface area contributed by atoms with Crippen LogP contribution in [0, 0.1) is 0 Å². The Morgan fingerprint density at radius 3 is 2.71 bits per heavy atom. The first-order valence-electron chi connectivity index (χ1n) is 12.0. The van der Waals surface area contributed by atoms with E-state index in [2.05, 4.69) is 20.3 Å². The summed E-state index contributed by atoms with van der Waals surface area (Å²) in [5.74, 6) is -0.917. The van der Waals surface area contributed by atoms with E-state index < -0.39 is 54.3 Å². The van der Waals surface area contributed by atoms with Gasteiger partial charge in [-0.05, 0) is 6.92 Å². The highest BCUT2D eigenvalue weighted by Gasteiger charge is 2.44. The van der Waals surface area contributed by atoms with Crippen LogP contribution in [-0.2, 0) is 17.9 Å². The van der Waals surface area contributed by atoms with Crippen molar-refractivity contribution in [2.45, 2.75) is 57.0 Å². The number of allylic oxidation sites excluding steroid dienone is 2. The molecule has 0 aromatic carbocycles. The fourth-order valence-electron chi connectivity index (χ4n) is 5.58. The van der Waals surface area contributed by atoms with Gasteiger partial charge >= 0.3 is 0 Å². The molecule has 0 bridgehead atoms. The van der Waals surface area contributed by atoms with Gasteiger partial charge in [0.25, 0.3) is 5.56 Å². The average Bonchev–Trinajstić information content (AvgIpc) is 3.63. The molecule has 1 aliphatic carbocycles. The molecule has 6 rings (SSSR count). The van der Waals surface area contributed by atoms with Crippen LogP contribution in [0.3, 0.4) is 0 Å². The minimum Gasteiger partial charge on any atom is -0.395 e. The molecule has 3 aliphatic rings. The van der Waals surface area contributed by atoms with E-state index >= 15 is 0 Å². The van der Waals surface area contributed by atoms with Crippen LogP contribution in [-0.4, -0.2) is 75.8 Å². The van der Waals surface area contributed by atoms with Crippen LogP contribution >= 0.6 is 0 Å². The Labute approximate surface area is 213 Å². The molecule has 15 nitrogen and oxygen atoms in total. The molecule has 5 heterocycles. The van der Waals surface area contributed by atoms with Crippen LogP contribution in [0.25, 0.3) is 11.2 Å². The molecule has 1 fully saturated rings. The zero-order chi connectivity index (χ0) is 27.0. The average molecular weight is 527 g/mol. The number of rotatable bonds is 5. The van der Waals surface area contributed by atoms with Crippen LogP contribution < -0.4 is 22.3 Å². The number of hydrogen-bond donors (Lipinski definition) is 7. The minimum absolute atomic E-state index is 0.0323. The number of anilines is 1. The minimum atomic E-state index is -0.896. The van der Waals surface area contributed by atoms with Gasteiger partial charge in [-0.25, -0.2) is 4.98 Å². The summed E-state index contributed by atoms with van der Waals surface area (Å²) < 4.78 is 8.80. The maximum absolute atomic E-state index is 13.1. The number of fused-ring (bicyclic) bond motifs is 4. The van der Waals surface area contributed by atoms with Gasteiger partial charge in [0.1, 0.15) is 18.0 Å². The molecule has 5 atom stereocenters. The molecular weight excluding hydrogens is 500 g/mol. The highest BCUT2D eigenvalue weighted by Crippen LogP contribution is 2.40. The van der Waals surface area contributed by atoms with Gasteiger partial charge in [0, 0.05) is 35.8 Å². The van der Waals surface area contributed by atoms with Crippen molar-refractivity contribution in [3.63, 3.8) is 0 Å². The normalized spacial score (nSPS) is 26.9. The second-order valence-electron chi connectivity index (χ2n) is 9.69. The number of imidazole rings is 1. The lowest BCUT2D eigenvalue weighted by Crippen LogP contribution is -2.33. The summed E-state index contributed by atoms with van der Waals surface area (Å²) in [6.45, 7) is 0.740. The third-order valence-electron chi connectivity index (χ3n) is 7.53. The fourth-order valence-corrected chi connectivity index (χ4v) is 5.58. The van der Waals surface area contributed by atoms with E-state index in [0.29, 0.717) is 5.69 Å². The van der Waals surface area contributed by atoms with Gasteiger partial charge in [0.15, 0.2) is 11.2 Å². The third-order valence-corrected chi connectivity index (χ3v) is 7.53. The Bertz CT molecular complexity index is 1600. The number of nitrogens with two attached hydrogens (primary N) is 2. The standard InChI is InChI=1S/C23H26N8O7/c1-7-14(25)20(36)13-8(4-32)17-15(9(24)3-30(17)18(13)19(7)35)27-23-28-21-16(22(37)29-23)26-6-31(21)12-2-10(34)11(5-33)38-12/h6,9-12,15,32-34H,2-5,24-25H2,1H3,(H2,27,28,29,37)/t9-,10-,11+,12+,15-/m0/s1. The summed E-state index contributed by atoms with van der Waals surface area (Å²) in [6.07, 6.45) is -0.839. The van der Waals surface area contributed by atoms with Gasteiger partial charge in [0.2, 0.25) is 17.5 Å². The maximum atomic E-state index is 13.1. The van der Waals surface area contributed by atoms with Gasteiger partial charge in [-0.2, -0.15) is 4.98 Å². The molecule has 3 aromatic rings. The first kappa shape index (κ1) is 24.4. The van der Waals surface area contributed by atoms with Crippen molar-refractivity contribution in [3.05, 3.63) is 50.5 Å². The Morgan fingerprint density at radius 2 is 2.03 bits per heavy atom. The van der Waals surface area contributed by atoms with Crippen molar-refractivity contribution in [1.29, 1.82) is 0 Å². The van der Waals surface area contributed by atoms with E-state index in [1.54, 1.807) is 4.57 Å². The van der Waals surface area contributed by atoms with Gasteiger partial charge in [-0.15, -0.1) is 0 Å². The van der Waals surface area contributed by atoms with Crippen molar-refractivity contribution in [1.82, 2.24) is 24.1 Å². The second kappa shape index (κ2) is 8.57. The smallest absolute Gasteiger partial charge is 0.280 e. The molecule has 2 aliphatic heterocycles. The molecule has 0 radical (unpaired) electrons. The molecule has 0 spiro atoms. The lowest BCUT2D eigenvalue weighted by atomic mass is 9.89. The first-order valence-corrected chi connectivity index (χ1v) is 12.0. The molecule has 0 unspecified atom stereocenters. The Balaban J connectivity index is 1.41. The van der Waals surface area contributed by atoms with E-state index in [0.717, 1.165) is 0 Å². The summed E-state index contributed by atoms with van der Waals surface area (Å²) in [4.78, 5) is 50.1. The van der Waals surface area contributed by atoms with Crippen molar-refractivity contribution in [2.24, 2.45) is 11.5 Å². The number of carbonyl (C=O) groups excluding carboxylic acids is 2. The molecule has 38 heavy (non-hydrogen) atoms. The van der Waals surface area contributed by atoms with Crippen LogP contribution in [0.2, 0.25) is 0 Å². The Hall–Kier alpha value is -3.89. The molecular formula is C23H26N8O7. The quantitative estimate of drug-likeness (QED) is 0.194. The van der Waals surface area contributed by atoms with Crippen LogP contribution in [0.1, 0.15) is 57.7 Å². The number of aromatic amines is 1. The predicted octanol–water partition coefficient (Wildman–Crippen LogP) is -1.84. The summed E-state index contributed by atoms with van der Waals surface area (Å²) in [5.41, 5.74) is 12.8. The van der Waals surface area contributed by atoms with Crippen molar-refractivity contribution in [2.75, 3.05) is 11.9 Å². The third kappa shape index (κ3) is 3.30. The van der Waals surface area contributed by atoms with Crippen molar-refractivity contribution < 1.29 is 29.6 Å². The van der Waals surface area contributed by atoms with Crippen LogP contribution in [0.4, 0.5) is 5.95 Å². The second-order valence-corrected chi connectivity index (χ2v) is 9.69. The van der Waals surface area contributed by atoms with Gasteiger partial charge in [0.05, 0.1) is 42.9 Å². The number of hydrogen-bond acceptors (Lipinski definition) is 12. The van der Waals surface area contributed by atoms with Crippen molar-refractivity contribution in [3.8, 4) is 0 Å². The number of Topliss-reactive ketones (excluding diaryl/α,β-unsaturated/α-hetero) is 2. The Kier molecular flexibility index (Phi) is 5.51. The number of nitrogens with one attached hydrogen (secondary N) is 2. The van der Waals surface area contributed by atoms with Gasteiger partial charge in [-0.3, -0.25) is 23.9 Å². The van der Waals surface area contributed by atoms with E-state index in [4.69, 9.17) is 16.2 Å². The summed E-state index contributed by atoms with van der Waals surface area (Å²) >= 11 is 0. The molecule has 200 valence electrons. The number of ketones is 2. The highest BCUT2D eigenvalue weighted by molar-refractivity contribution is 6.26. The number of aliphatic hydroxyl groups excluding tert-OH is 3. The molecule has 1 saturated heterocycles. The fraction of sp³-hybridized carbons (Fsp3) is 0.435. The number of H-pyrrole nitrogens is 1. The summed E-state index contributed by atoms with van der Waals surface area (Å²) in [5, 5.41) is 32.8. The number of carbonyl (C=O) groups is 2. The van der Waals surface area contributed by atoms with E-state index in [9.17, 15) is 29.7 Å². The van der Waals surface area contributed by atoms with Gasteiger partial charge in [-0.1, -0.05) is 0 Å². The predicted molar refractivity (Wildman–Crippen MR) is 130 cm³/mol. The zero-order valence-corrected chi connectivity index (χ0v) is 20.2. The molecule has 0 saturated carbocycles. The van der Waals surface area contributed by atoms with Crippen LogP contribution in [0.15, 0.2) is 22.4 Å². The lowest BCUT2D eigenvalue weighted by molar-refractivity contribution is -0.0432. The topological polar surface area (TPSA) is 237 Å². The first-order chi connectivity index (χ1) is 18.2. The maximum Gasteiger partial charge on any atom is 0.280 e. The number of nitrogens with zero attached hydrogens (tertiary/aromatic N) is 4. The molecule has 3 aromatic heterocycles. The number of aliphatic hydroxyl groups is 3. The van der Waals surface area contributed by atoms with E-state index in [-0.39, 0.29) is 64.8 Å². The van der Waals surface area contributed by atoms with Crippen molar-refractivity contribution >= 4 is 28.7 Å². The van der Waals surface area contributed by atoms with E-state index in [1.165, 1.54) is 17.8 Å². The molecule has 15 heteroatoms. The monoisotopic (exact) mass is 526 g/mol. The number of aromatic nitrogens is 5. The van der Waals surface area contributed by atoms with E-state index in [1.807, 2.05) is 0 Å². The van der Waals surface area contributed by atoms with Gasteiger partial charge < -0.3 is 41.4 Å². The lowest BCUT2D eigenvalue weighted by Gasteiger charge is -2.20. The summed E-state index contributed by atoms with van der Waals surface area (Å²) in [6, 6.07) is -1.33. The van der Waals surface area contributed by atoms with Crippen LogP contribution in [0.5, 0.6) is 0 Å². The highest BCUT2D eigenvalue weighted by atomic mass is 16.5. The summed E-state index contributed by atoms with van der Waals surface area (Å²) in [7, 11) is 0. The molecule has 0 amide bonds. The number of ether oxygens (including phenoxy) is 1. The largest absolute Gasteiger partial charge is 0.395 e. The Morgan fingerprint density at radius 1 is 1.26 bits per heavy atom.